The van der Waals surface area contributed by atoms with Crippen molar-refractivity contribution >= 4 is 29.9 Å². The average Bonchev–Trinajstić information content (AvgIpc) is 2.38. The second-order valence-corrected chi connectivity index (χ2v) is 5.23. The Kier molecular flexibility index (Phi) is 6.03. The fraction of sp³-hybridized carbons (Fsp3) is 0.500. The molecular formula is C14H21FIN3. The molecule has 1 aliphatic heterocycles. The Morgan fingerprint density at radius 3 is 2.74 bits per heavy atom. The van der Waals surface area contributed by atoms with Crippen LogP contribution in [-0.2, 0) is 5.41 Å². The van der Waals surface area contributed by atoms with Crippen molar-refractivity contribution in [3.8, 4) is 0 Å². The summed E-state index contributed by atoms with van der Waals surface area (Å²) in [5.74, 6) is 0.675. The molecule has 0 amide bonds. The highest BCUT2D eigenvalue weighted by atomic mass is 127. The lowest BCUT2D eigenvalue weighted by molar-refractivity contribution is 0.471. The van der Waals surface area contributed by atoms with Gasteiger partial charge in [0.1, 0.15) is 5.82 Å². The first-order chi connectivity index (χ1) is 8.59. The summed E-state index contributed by atoms with van der Waals surface area (Å²) in [5, 5.41) is 6.46. The molecule has 0 atom stereocenters. The van der Waals surface area contributed by atoms with Crippen molar-refractivity contribution in [2.45, 2.75) is 25.7 Å². The van der Waals surface area contributed by atoms with Crippen molar-refractivity contribution in [3.05, 3.63) is 35.6 Å². The molecule has 0 bridgehead atoms. The maximum atomic E-state index is 13.8. The molecule has 0 fully saturated rings. The zero-order valence-corrected chi connectivity index (χ0v) is 13.7. The lowest BCUT2D eigenvalue weighted by Crippen LogP contribution is -2.45. The minimum atomic E-state index is -0.271. The van der Waals surface area contributed by atoms with Gasteiger partial charge in [-0.15, -0.1) is 24.0 Å². The number of benzene rings is 1. The first-order valence-electron chi connectivity index (χ1n) is 6.37. The summed E-state index contributed by atoms with van der Waals surface area (Å²) in [5.41, 5.74) is 0.460. The number of halogens is 2. The van der Waals surface area contributed by atoms with Gasteiger partial charge in [-0.2, -0.15) is 0 Å². The largest absolute Gasteiger partial charge is 0.356 e. The van der Waals surface area contributed by atoms with Crippen molar-refractivity contribution in [2.24, 2.45) is 4.99 Å². The van der Waals surface area contributed by atoms with E-state index in [4.69, 9.17) is 0 Å². The van der Waals surface area contributed by atoms with Crippen molar-refractivity contribution in [1.29, 1.82) is 0 Å². The zero-order chi connectivity index (χ0) is 13.0. The number of nitrogens with zero attached hydrogens (tertiary/aromatic N) is 1. The summed E-state index contributed by atoms with van der Waals surface area (Å²) in [6.07, 6.45) is 1.07. The minimum absolute atomic E-state index is 0. The fourth-order valence-electron chi connectivity index (χ4n) is 2.06. The zero-order valence-electron chi connectivity index (χ0n) is 11.4. The number of aliphatic imine (C=N–C) groups is 1. The summed E-state index contributed by atoms with van der Waals surface area (Å²) < 4.78 is 13.8. The molecule has 1 aromatic carbocycles. The van der Waals surface area contributed by atoms with E-state index < -0.39 is 0 Å². The van der Waals surface area contributed by atoms with Gasteiger partial charge in [-0.25, -0.2) is 4.39 Å². The maximum absolute atomic E-state index is 13.8. The van der Waals surface area contributed by atoms with E-state index in [2.05, 4.69) is 15.6 Å². The van der Waals surface area contributed by atoms with E-state index in [0.29, 0.717) is 6.54 Å². The molecule has 1 aliphatic rings. The Hall–Kier alpha value is -0.850. The standard InChI is InChI=1S/C14H20FN3.HI/c1-14(2,11-6-3-4-7-12(11)15)10-18-13-16-8-5-9-17-13;/h3-4,6-7H,5,8-10H2,1-2H3,(H2,16,17,18);1H. The number of rotatable bonds is 3. The minimum Gasteiger partial charge on any atom is -0.356 e. The number of hydrogen-bond donors (Lipinski definition) is 2. The van der Waals surface area contributed by atoms with E-state index in [1.807, 2.05) is 26.0 Å². The summed E-state index contributed by atoms with van der Waals surface area (Å²) >= 11 is 0. The van der Waals surface area contributed by atoms with Gasteiger partial charge in [-0.05, 0) is 18.1 Å². The van der Waals surface area contributed by atoms with Gasteiger partial charge in [0.15, 0.2) is 5.96 Å². The van der Waals surface area contributed by atoms with Crippen LogP contribution in [0.25, 0.3) is 0 Å². The van der Waals surface area contributed by atoms with Crippen molar-refractivity contribution in [1.82, 2.24) is 10.6 Å². The van der Waals surface area contributed by atoms with Crippen LogP contribution in [0.4, 0.5) is 4.39 Å². The lowest BCUT2D eigenvalue weighted by Gasteiger charge is -2.27. The Labute approximate surface area is 131 Å². The molecule has 0 saturated carbocycles. The molecule has 1 heterocycles. The smallest absolute Gasteiger partial charge is 0.191 e. The summed E-state index contributed by atoms with van der Waals surface area (Å²) in [4.78, 5) is 4.35. The Morgan fingerprint density at radius 1 is 1.37 bits per heavy atom. The van der Waals surface area contributed by atoms with Crippen LogP contribution < -0.4 is 10.6 Å². The van der Waals surface area contributed by atoms with Gasteiger partial charge in [0.2, 0.25) is 0 Å². The molecule has 2 rings (SSSR count). The number of hydrogen-bond acceptors (Lipinski definition) is 3. The van der Waals surface area contributed by atoms with E-state index >= 15 is 0 Å². The Morgan fingerprint density at radius 2 is 2.11 bits per heavy atom. The summed E-state index contributed by atoms with van der Waals surface area (Å²) in [6, 6.07) is 6.94. The van der Waals surface area contributed by atoms with Crippen LogP contribution in [0.5, 0.6) is 0 Å². The highest BCUT2D eigenvalue weighted by Gasteiger charge is 2.24. The molecule has 3 nitrogen and oxygen atoms in total. The molecule has 106 valence electrons. The topological polar surface area (TPSA) is 36.4 Å². The third-order valence-electron chi connectivity index (χ3n) is 3.20. The predicted molar refractivity (Wildman–Crippen MR) is 87.8 cm³/mol. The van der Waals surface area contributed by atoms with Crippen LogP contribution in [0, 0.1) is 5.82 Å². The lowest BCUT2D eigenvalue weighted by atomic mass is 9.84. The van der Waals surface area contributed by atoms with Crippen LogP contribution in [0.15, 0.2) is 29.3 Å². The Balaban J connectivity index is 0.00000180. The molecule has 0 aliphatic carbocycles. The van der Waals surface area contributed by atoms with Crippen molar-refractivity contribution in [3.63, 3.8) is 0 Å². The second kappa shape index (κ2) is 7.07. The molecule has 5 heteroatoms. The molecule has 0 aromatic heterocycles. The van der Waals surface area contributed by atoms with Crippen LogP contribution >= 0.6 is 24.0 Å². The van der Waals surface area contributed by atoms with Gasteiger partial charge >= 0.3 is 0 Å². The first-order valence-corrected chi connectivity index (χ1v) is 6.37. The van der Waals surface area contributed by atoms with Crippen LogP contribution in [0.1, 0.15) is 25.8 Å². The van der Waals surface area contributed by atoms with Crippen molar-refractivity contribution < 1.29 is 4.39 Å². The monoisotopic (exact) mass is 377 g/mol. The number of nitrogens with one attached hydrogen (secondary N) is 2. The van der Waals surface area contributed by atoms with Gasteiger partial charge in [0, 0.05) is 25.0 Å². The van der Waals surface area contributed by atoms with Crippen LogP contribution in [0.2, 0.25) is 0 Å². The quantitative estimate of drug-likeness (QED) is 0.795. The predicted octanol–water partition coefficient (Wildman–Crippen LogP) is 2.66. The van der Waals surface area contributed by atoms with E-state index in [-0.39, 0.29) is 35.2 Å². The number of guanidine groups is 1. The molecular weight excluding hydrogens is 356 g/mol. The molecule has 2 N–H and O–H groups in total. The fourth-order valence-corrected chi connectivity index (χ4v) is 2.06. The normalized spacial score (nSPS) is 15.0. The van der Waals surface area contributed by atoms with Crippen molar-refractivity contribution in [2.75, 3.05) is 19.6 Å². The third kappa shape index (κ3) is 4.33. The maximum Gasteiger partial charge on any atom is 0.191 e. The van der Waals surface area contributed by atoms with E-state index in [1.54, 1.807) is 6.07 Å². The molecule has 19 heavy (non-hydrogen) atoms. The highest BCUT2D eigenvalue weighted by Crippen LogP contribution is 2.24. The molecule has 0 spiro atoms. The summed E-state index contributed by atoms with van der Waals surface area (Å²) in [6.45, 7) is 6.52. The third-order valence-corrected chi connectivity index (χ3v) is 3.20. The van der Waals surface area contributed by atoms with E-state index in [1.165, 1.54) is 6.07 Å². The van der Waals surface area contributed by atoms with Gasteiger partial charge in [-0.1, -0.05) is 32.0 Å². The SMILES string of the molecule is CC(C)(CNC1=NCCCN1)c1ccccc1F.I. The van der Waals surface area contributed by atoms with Gasteiger partial charge in [-0.3, -0.25) is 4.99 Å². The van der Waals surface area contributed by atoms with Crippen LogP contribution in [0.3, 0.4) is 0 Å². The van der Waals surface area contributed by atoms with Crippen LogP contribution in [-0.4, -0.2) is 25.6 Å². The summed E-state index contributed by atoms with van der Waals surface area (Å²) in [7, 11) is 0. The molecule has 0 radical (unpaired) electrons. The van der Waals surface area contributed by atoms with Gasteiger partial charge < -0.3 is 10.6 Å². The van der Waals surface area contributed by atoms with E-state index in [0.717, 1.165) is 31.0 Å². The second-order valence-electron chi connectivity index (χ2n) is 5.23. The highest BCUT2D eigenvalue weighted by molar-refractivity contribution is 14.0. The molecule has 1 aromatic rings. The first kappa shape index (κ1) is 16.2. The molecule has 0 unspecified atom stereocenters. The molecule has 0 saturated heterocycles. The van der Waals surface area contributed by atoms with Gasteiger partial charge in [0.05, 0.1) is 0 Å². The average molecular weight is 377 g/mol. The van der Waals surface area contributed by atoms with E-state index in [9.17, 15) is 4.39 Å². The Bertz CT molecular complexity index is 446. The van der Waals surface area contributed by atoms with Gasteiger partial charge in [0.25, 0.3) is 0 Å².